The highest BCUT2D eigenvalue weighted by molar-refractivity contribution is 4.72. The second-order valence-electron chi connectivity index (χ2n) is 18.5. The molecule has 2 nitrogen and oxygen atoms in total. The molecule has 0 aromatic carbocycles. The van der Waals surface area contributed by atoms with Gasteiger partial charge in [-0.15, -0.1) is 0 Å². The molecule has 0 bridgehead atoms. The summed E-state index contributed by atoms with van der Waals surface area (Å²) in [5.74, 6) is 1.60. The topological polar surface area (TPSA) is 18.5 Å². The fourth-order valence-electron chi connectivity index (χ4n) is 8.98. The molecule has 0 spiro atoms. The van der Waals surface area contributed by atoms with Gasteiger partial charge in [-0.05, 0) is 50.4 Å². The number of unbranched alkanes of at least 4 members (excludes halogenated alkanes) is 38. The first-order valence-electron chi connectivity index (χ1n) is 26.0. The summed E-state index contributed by atoms with van der Waals surface area (Å²) in [6.45, 7) is 8.60. The standard InChI is InChI=1S/C52H104O2/c1-3-5-7-9-11-13-15-17-19-21-23-25-27-29-31-33-35-37-39-41-47-53-49-51-43-45-52(46-44-51)50-54-48-42-40-38-36-34-32-30-28-26-24-22-20-18-16-14-12-10-8-6-4-2/h51-52H,3-50H2,1-2H3. The van der Waals surface area contributed by atoms with Gasteiger partial charge in [-0.25, -0.2) is 0 Å². The Morgan fingerprint density at radius 3 is 0.593 bits per heavy atom. The molecule has 0 heterocycles. The van der Waals surface area contributed by atoms with Gasteiger partial charge in [0.25, 0.3) is 0 Å². The molecule has 1 fully saturated rings. The lowest BCUT2D eigenvalue weighted by Crippen LogP contribution is -2.22. The lowest BCUT2D eigenvalue weighted by atomic mass is 9.83. The van der Waals surface area contributed by atoms with Crippen LogP contribution in [0.15, 0.2) is 0 Å². The van der Waals surface area contributed by atoms with E-state index in [1.807, 2.05) is 0 Å². The molecule has 0 aliphatic heterocycles. The molecular formula is C52H104O2. The second kappa shape index (κ2) is 45.6. The van der Waals surface area contributed by atoms with Crippen LogP contribution in [0.4, 0.5) is 0 Å². The average Bonchev–Trinajstić information content (AvgIpc) is 3.19. The minimum Gasteiger partial charge on any atom is -0.381 e. The Morgan fingerprint density at radius 2 is 0.407 bits per heavy atom. The quantitative estimate of drug-likeness (QED) is 0.0575. The Hall–Kier alpha value is -0.0800. The molecule has 0 atom stereocenters. The summed E-state index contributed by atoms with van der Waals surface area (Å²) in [6, 6.07) is 0. The molecule has 0 aromatic rings. The maximum absolute atomic E-state index is 6.12. The van der Waals surface area contributed by atoms with Crippen molar-refractivity contribution in [2.45, 2.75) is 296 Å². The third kappa shape index (κ3) is 40.1. The van der Waals surface area contributed by atoms with Gasteiger partial charge in [0, 0.05) is 26.4 Å². The Balaban J connectivity index is 1.69. The summed E-state index contributed by atoms with van der Waals surface area (Å²) in [7, 11) is 0. The van der Waals surface area contributed by atoms with Crippen molar-refractivity contribution in [2.75, 3.05) is 26.4 Å². The Bertz CT molecular complexity index is 599. The van der Waals surface area contributed by atoms with Crippen LogP contribution in [0.25, 0.3) is 0 Å². The van der Waals surface area contributed by atoms with Crippen LogP contribution in [-0.4, -0.2) is 26.4 Å². The van der Waals surface area contributed by atoms with Crippen LogP contribution in [0.3, 0.4) is 0 Å². The predicted molar refractivity (Wildman–Crippen MR) is 243 cm³/mol. The zero-order valence-electron chi connectivity index (χ0n) is 37.9. The van der Waals surface area contributed by atoms with Crippen molar-refractivity contribution in [1.29, 1.82) is 0 Å². The summed E-state index contributed by atoms with van der Waals surface area (Å²) in [6.07, 6.45) is 63.2. The SMILES string of the molecule is CCCCCCCCCCCCCCCCCCCCCCOCC1CCC(COCCCCCCCCCCCCCCCCCCCCCC)CC1. The van der Waals surface area contributed by atoms with Crippen LogP contribution < -0.4 is 0 Å². The molecule has 0 aromatic heterocycles. The van der Waals surface area contributed by atoms with Gasteiger partial charge in [-0.3, -0.25) is 0 Å². The van der Waals surface area contributed by atoms with E-state index >= 15 is 0 Å². The largest absolute Gasteiger partial charge is 0.381 e. The van der Waals surface area contributed by atoms with Crippen LogP contribution in [-0.2, 0) is 9.47 Å². The molecular weight excluding hydrogens is 657 g/mol. The number of ether oxygens (including phenoxy) is 2. The molecule has 0 radical (unpaired) electrons. The van der Waals surface area contributed by atoms with E-state index in [0.29, 0.717) is 0 Å². The Kier molecular flexibility index (Phi) is 43.9. The van der Waals surface area contributed by atoms with Crippen LogP contribution in [0, 0.1) is 11.8 Å². The van der Waals surface area contributed by atoms with E-state index in [1.165, 1.54) is 283 Å². The van der Waals surface area contributed by atoms with Crippen molar-refractivity contribution in [1.82, 2.24) is 0 Å². The van der Waals surface area contributed by atoms with E-state index in [2.05, 4.69) is 13.8 Å². The Labute approximate surface area is 343 Å². The lowest BCUT2D eigenvalue weighted by molar-refractivity contribution is 0.0477. The molecule has 0 saturated heterocycles. The maximum Gasteiger partial charge on any atom is 0.0494 e. The van der Waals surface area contributed by atoms with Gasteiger partial charge in [0.05, 0.1) is 0 Å². The van der Waals surface area contributed by atoms with Crippen LogP contribution in [0.1, 0.15) is 296 Å². The highest BCUT2D eigenvalue weighted by Crippen LogP contribution is 2.29. The second-order valence-corrected chi connectivity index (χ2v) is 18.5. The molecule has 0 amide bonds. The summed E-state index contributed by atoms with van der Waals surface area (Å²) in [5.41, 5.74) is 0. The van der Waals surface area contributed by atoms with Crippen molar-refractivity contribution < 1.29 is 9.47 Å². The van der Waals surface area contributed by atoms with E-state index in [9.17, 15) is 0 Å². The van der Waals surface area contributed by atoms with Crippen molar-refractivity contribution in [2.24, 2.45) is 11.8 Å². The van der Waals surface area contributed by atoms with E-state index < -0.39 is 0 Å². The smallest absolute Gasteiger partial charge is 0.0494 e. The number of hydrogen-bond donors (Lipinski definition) is 0. The van der Waals surface area contributed by atoms with E-state index in [-0.39, 0.29) is 0 Å². The minimum atomic E-state index is 0.802. The minimum absolute atomic E-state index is 0.802. The fourth-order valence-corrected chi connectivity index (χ4v) is 8.98. The summed E-state index contributed by atoms with van der Waals surface area (Å²) in [4.78, 5) is 0. The molecule has 1 aliphatic rings. The predicted octanol–water partition coefficient (Wildman–Crippen LogP) is 18.5. The van der Waals surface area contributed by atoms with Gasteiger partial charge in [-0.1, -0.05) is 258 Å². The lowest BCUT2D eigenvalue weighted by Gasteiger charge is -2.28. The maximum atomic E-state index is 6.12. The van der Waals surface area contributed by atoms with Crippen LogP contribution in [0.2, 0.25) is 0 Å². The molecule has 1 aliphatic carbocycles. The van der Waals surface area contributed by atoms with Gasteiger partial charge in [0.1, 0.15) is 0 Å². The highest BCUT2D eigenvalue weighted by atomic mass is 16.5. The molecule has 324 valence electrons. The summed E-state index contributed by atoms with van der Waals surface area (Å²) >= 11 is 0. The van der Waals surface area contributed by atoms with E-state index in [1.54, 1.807) is 0 Å². The Morgan fingerprint density at radius 1 is 0.241 bits per heavy atom. The summed E-state index contributed by atoms with van der Waals surface area (Å²) < 4.78 is 12.2. The average molecular weight is 761 g/mol. The summed E-state index contributed by atoms with van der Waals surface area (Å²) in [5, 5.41) is 0. The number of rotatable bonds is 46. The van der Waals surface area contributed by atoms with E-state index in [4.69, 9.17) is 9.47 Å². The van der Waals surface area contributed by atoms with Gasteiger partial charge in [0.15, 0.2) is 0 Å². The molecule has 0 N–H and O–H groups in total. The molecule has 2 heteroatoms. The fraction of sp³-hybridized carbons (Fsp3) is 1.00. The van der Waals surface area contributed by atoms with Gasteiger partial charge in [-0.2, -0.15) is 0 Å². The zero-order valence-corrected chi connectivity index (χ0v) is 37.9. The molecule has 0 unspecified atom stereocenters. The van der Waals surface area contributed by atoms with Crippen molar-refractivity contribution in [3.8, 4) is 0 Å². The van der Waals surface area contributed by atoms with Gasteiger partial charge < -0.3 is 9.47 Å². The number of hydrogen-bond acceptors (Lipinski definition) is 2. The van der Waals surface area contributed by atoms with Crippen molar-refractivity contribution in [3.05, 3.63) is 0 Å². The van der Waals surface area contributed by atoms with Gasteiger partial charge >= 0.3 is 0 Å². The van der Waals surface area contributed by atoms with Crippen LogP contribution >= 0.6 is 0 Å². The third-order valence-corrected chi connectivity index (χ3v) is 13.0. The molecule has 1 saturated carbocycles. The van der Waals surface area contributed by atoms with Crippen LogP contribution in [0.5, 0.6) is 0 Å². The monoisotopic (exact) mass is 761 g/mol. The highest BCUT2D eigenvalue weighted by Gasteiger charge is 2.21. The third-order valence-electron chi connectivity index (χ3n) is 13.0. The van der Waals surface area contributed by atoms with E-state index in [0.717, 1.165) is 38.3 Å². The van der Waals surface area contributed by atoms with Gasteiger partial charge in [0.2, 0.25) is 0 Å². The first kappa shape index (κ1) is 51.9. The van der Waals surface area contributed by atoms with Crippen molar-refractivity contribution >= 4 is 0 Å². The first-order valence-corrected chi connectivity index (χ1v) is 26.0. The molecule has 54 heavy (non-hydrogen) atoms. The zero-order chi connectivity index (χ0) is 38.5. The van der Waals surface area contributed by atoms with Crippen molar-refractivity contribution in [3.63, 3.8) is 0 Å². The first-order chi connectivity index (χ1) is 26.9. The molecule has 1 rings (SSSR count). The normalized spacial score (nSPS) is 16.1.